The van der Waals surface area contributed by atoms with Crippen LogP contribution in [0.5, 0.6) is 5.75 Å². The lowest BCUT2D eigenvalue weighted by atomic mass is 10.0. The summed E-state index contributed by atoms with van der Waals surface area (Å²) in [7, 11) is 0. The van der Waals surface area contributed by atoms with Crippen molar-refractivity contribution in [2.75, 3.05) is 6.61 Å². The molecule has 0 spiro atoms. The molecule has 3 N–H and O–H groups in total. The van der Waals surface area contributed by atoms with Crippen LogP contribution < -0.4 is 4.74 Å². The summed E-state index contributed by atoms with van der Waals surface area (Å²) in [6.45, 7) is -0.434. The Morgan fingerprint density at radius 2 is 1.62 bits per heavy atom. The van der Waals surface area contributed by atoms with Gasteiger partial charge in [0.1, 0.15) is 24.1 Å². The summed E-state index contributed by atoms with van der Waals surface area (Å²) in [5, 5.41) is 37.4. The molecule has 0 bridgehead atoms. The van der Waals surface area contributed by atoms with Crippen LogP contribution in [0.4, 0.5) is 0 Å². The molecule has 1 fully saturated rings. The Bertz CT molecular complexity index is 811. The van der Waals surface area contributed by atoms with Crippen molar-refractivity contribution in [1.29, 1.82) is 5.26 Å². The molecule has 2 aromatic rings. The first-order valence-electron chi connectivity index (χ1n) is 7.97. The van der Waals surface area contributed by atoms with Gasteiger partial charge in [-0.1, -0.05) is 0 Å². The number of hydrogen-bond donors (Lipinski definition) is 3. The van der Waals surface area contributed by atoms with Crippen LogP contribution in [0.15, 0.2) is 48.5 Å². The molecule has 0 saturated carbocycles. The quantitative estimate of drug-likeness (QED) is 0.672. The minimum Gasteiger partial charge on any atom is -0.462 e. The predicted molar refractivity (Wildman–Crippen MR) is 89.4 cm³/mol. The molecule has 0 aliphatic carbocycles. The fraction of sp³-hybridized carbons (Fsp3) is 0.263. The summed E-state index contributed by atoms with van der Waals surface area (Å²) >= 11 is 0. The van der Waals surface area contributed by atoms with E-state index < -0.39 is 31.2 Å². The van der Waals surface area contributed by atoms with Gasteiger partial charge < -0.3 is 24.8 Å². The molecule has 134 valence electrons. The highest BCUT2D eigenvalue weighted by molar-refractivity contribution is 6.09. The molecule has 4 atom stereocenters. The Labute approximate surface area is 149 Å². The highest BCUT2D eigenvalue weighted by atomic mass is 16.7. The van der Waals surface area contributed by atoms with E-state index in [2.05, 4.69) is 0 Å². The molecule has 1 aliphatic heterocycles. The van der Waals surface area contributed by atoms with E-state index in [9.17, 15) is 15.0 Å². The van der Waals surface area contributed by atoms with Crippen molar-refractivity contribution in [3.63, 3.8) is 0 Å². The number of carbonyl (C=O) groups excluding carboxylic acids is 1. The van der Waals surface area contributed by atoms with Gasteiger partial charge in [0.2, 0.25) is 6.29 Å². The topological polar surface area (TPSA) is 120 Å². The van der Waals surface area contributed by atoms with E-state index in [-0.39, 0.29) is 5.78 Å². The molecule has 0 aromatic heterocycles. The Balaban J connectivity index is 1.68. The lowest BCUT2D eigenvalue weighted by molar-refractivity contribution is -0.116. The van der Waals surface area contributed by atoms with E-state index in [1.165, 1.54) is 0 Å². The van der Waals surface area contributed by atoms with Crippen LogP contribution in [-0.4, -0.2) is 52.3 Å². The van der Waals surface area contributed by atoms with Gasteiger partial charge in [0.05, 0.1) is 18.2 Å². The van der Waals surface area contributed by atoms with E-state index in [0.717, 1.165) is 0 Å². The molecule has 26 heavy (non-hydrogen) atoms. The van der Waals surface area contributed by atoms with Gasteiger partial charge in [-0.05, 0) is 48.5 Å². The fourth-order valence-corrected chi connectivity index (χ4v) is 2.64. The largest absolute Gasteiger partial charge is 0.462 e. The maximum absolute atomic E-state index is 12.4. The van der Waals surface area contributed by atoms with Crippen molar-refractivity contribution in [1.82, 2.24) is 0 Å². The van der Waals surface area contributed by atoms with Crippen LogP contribution in [0.3, 0.4) is 0 Å². The SMILES string of the molecule is N#Cc1ccc(C(=O)c2ccc(O[C@H]3O[C@H](CO)[C@@H](O)[C@@H]3O)cc2)cc1. The molecule has 3 rings (SSSR count). The molecule has 7 heteroatoms. The standard InChI is InChI=1S/C19H17NO6/c20-9-11-1-3-12(4-2-11)16(22)13-5-7-14(8-6-13)25-19-18(24)17(23)15(10-21)26-19/h1-8,15,17-19,21,23-24H,10H2/t15-,17-,18+,19+/m1/s1. The van der Waals surface area contributed by atoms with Crippen LogP contribution >= 0.6 is 0 Å². The van der Waals surface area contributed by atoms with E-state index in [1.807, 2.05) is 6.07 Å². The minimum absolute atomic E-state index is 0.200. The van der Waals surface area contributed by atoms with Crippen LogP contribution in [0, 0.1) is 11.3 Å². The molecule has 2 aromatic carbocycles. The molecular weight excluding hydrogens is 338 g/mol. The maximum atomic E-state index is 12.4. The fourth-order valence-electron chi connectivity index (χ4n) is 2.64. The molecular formula is C19H17NO6. The molecule has 0 unspecified atom stereocenters. The number of benzene rings is 2. The number of aliphatic hydroxyl groups is 3. The number of hydrogen-bond acceptors (Lipinski definition) is 7. The average Bonchev–Trinajstić information content (AvgIpc) is 2.96. The zero-order valence-corrected chi connectivity index (χ0v) is 13.6. The molecule has 1 heterocycles. The van der Waals surface area contributed by atoms with Crippen molar-refractivity contribution in [2.24, 2.45) is 0 Å². The van der Waals surface area contributed by atoms with Gasteiger partial charge in [-0.25, -0.2) is 0 Å². The van der Waals surface area contributed by atoms with Gasteiger partial charge >= 0.3 is 0 Å². The van der Waals surface area contributed by atoms with Gasteiger partial charge in [-0.3, -0.25) is 4.79 Å². The molecule has 1 saturated heterocycles. The molecule has 0 radical (unpaired) electrons. The van der Waals surface area contributed by atoms with Crippen molar-refractivity contribution in [3.05, 3.63) is 65.2 Å². The number of ether oxygens (including phenoxy) is 2. The summed E-state index contributed by atoms with van der Waals surface area (Å²) in [5.41, 5.74) is 1.37. The van der Waals surface area contributed by atoms with Gasteiger partial charge in [-0.15, -0.1) is 0 Å². The van der Waals surface area contributed by atoms with E-state index in [1.54, 1.807) is 48.5 Å². The Kier molecular flexibility index (Phi) is 5.30. The second kappa shape index (κ2) is 7.64. The molecule has 0 amide bonds. The predicted octanol–water partition coefficient (Wildman–Crippen LogP) is 0.607. The van der Waals surface area contributed by atoms with E-state index in [4.69, 9.17) is 19.8 Å². The zero-order valence-electron chi connectivity index (χ0n) is 13.6. The average molecular weight is 355 g/mol. The minimum atomic E-state index is -1.29. The highest BCUT2D eigenvalue weighted by Crippen LogP contribution is 2.25. The number of nitrogens with zero attached hydrogens (tertiary/aromatic N) is 1. The van der Waals surface area contributed by atoms with Crippen LogP contribution in [-0.2, 0) is 4.74 Å². The third-order valence-electron chi connectivity index (χ3n) is 4.14. The summed E-state index contributed by atoms with van der Waals surface area (Å²) in [4.78, 5) is 12.4. The lowest BCUT2D eigenvalue weighted by Gasteiger charge is -2.16. The third-order valence-corrected chi connectivity index (χ3v) is 4.14. The molecule has 7 nitrogen and oxygen atoms in total. The van der Waals surface area contributed by atoms with E-state index in [0.29, 0.717) is 22.4 Å². The number of carbonyl (C=O) groups is 1. The monoisotopic (exact) mass is 355 g/mol. The highest BCUT2D eigenvalue weighted by Gasteiger charge is 2.43. The summed E-state index contributed by atoms with van der Waals surface area (Å²) < 4.78 is 10.7. The zero-order chi connectivity index (χ0) is 18.7. The number of ketones is 1. The summed E-state index contributed by atoms with van der Waals surface area (Å²) in [6.07, 6.45) is -4.54. The van der Waals surface area contributed by atoms with E-state index >= 15 is 0 Å². The number of aliphatic hydroxyl groups excluding tert-OH is 3. The summed E-state index contributed by atoms with van der Waals surface area (Å²) in [6, 6.07) is 14.5. The Hall–Kier alpha value is -2.76. The van der Waals surface area contributed by atoms with Gasteiger partial charge in [0, 0.05) is 11.1 Å². The number of rotatable bonds is 5. The Morgan fingerprint density at radius 3 is 2.12 bits per heavy atom. The van der Waals surface area contributed by atoms with Gasteiger partial charge in [-0.2, -0.15) is 5.26 Å². The smallest absolute Gasteiger partial charge is 0.229 e. The lowest BCUT2D eigenvalue weighted by Crippen LogP contribution is -2.35. The van der Waals surface area contributed by atoms with Crippen LogP contribution in [0.2, 0.25) is 0 Å². The maximum Gasteiger partial charge on any atom is 0.229 e. The van der Waals surface area contributed by atoms with Crippen molar-refractivity contribution >= 4 is 5.78 Å². The first-order valence-corrected chi connectivity index (χ1v) is 7.97. The Morgan fingerprint density at radius 1 is 1.04 bits per heavy atom. The second-order valence-corrected chi connectivity index (χ2v) is 5.87. The van der Waals surface area contributed by atoms with Gasteiger partial charge in [0.15, 0.2) is 5.78 Å². The van der Waals surface area contributed by atoms with Crippen LogP contribution in [0.25, 0.3) is 0 Å². The van der Waals surface area contributed by atoms with Crippen LogP contribution in [0.1, 0.15) is 21.5 Å². The molecule has 1 aliphatic rings. The van der Waals surface area contributed by atoms with Crippen molar-refractivity contribution in [2.45, 2.75) is 24.6 Å². The second-order valence-electron chi connectivity index (χ2n) is 5.87. The first kappa shape index (κ1) is 18.0. The van der Waals surface area contributed by atoms with Gasteiger partial charge in [0.25, 0.3) is 0 Å². The first-order chi connectivity index (χ1) is 12.5. The van der Waals surface area contributed by atoms with Crippen molar-refractivity contribution in [3.8, 4) is 11.8 Å². The number of nitriles is 1. The van der Waals surface area contributed by atoms with Crippen molar-refractivity contribution < 1.29 is 29.6 Å². The summed E-state index contributed by atoms with van der Waals surface area (Å²) in [5.74, 6) is 0.144. The normalized spacial score (nSPS) is 24.8. The third kappa shape index (κ3) is 3.59.